The lowest BCUT2D eigenvalue weighted by molar-refractivity contribution is 0.211. The van der Waals surface area contributed by atoms with Gasteiger partial charge in [-0.05, 0) is 50.0 Å². The molecular formula is C17H35N. The first-order valence-electron chi connectivity index (χ1n) is 8.36. The Kier molecular flexibility index (Phi) is 7.97. The zero-order chi connectivity index (χ0) is 13.4. The van der Waals surface area contributed by atoms with Crippen LogP contribution in [0, 0.1) is 17.8 Å². The molecule has 1 nitrogen and oxygen atoms in total. The molecule has 3 unspecified atom stereocenters. The zero-order valence-corrected chi connectivity index (χ0v) is 13.2. The van der Waals surface area contributed by atoms with Crippen molar-refractivity contribution in [2.24, 2.45) is 17.8 Å². The van der Waals surface area contributed by atoms with Crippen molar-refractivity contribution in [2.45, 2.75) is 85.1 Å². The average Bonchev–Trinajstić information content (AvgIpc) is 2.33. The van der Waals surface area contributed by atoms with Gasteiger partial charge >= 0.3 is 0 Å². The van der Waals surface area contributed by atoms with E-state index in [1.165, 1.54) is 57.9 Å². The highest BCUT2D eigenvalue weighted by Crippen LogP contribution is 2.32. The fourth-order valence-electron chi connectivity index (χ4n) is 3.43. The maximum atomic E-state index is 3.83. The molecule has 1 saturated carbocycles. The van der Waals surface area contributed by atoms with Crippen LogP contribution in [0.5, 0.6) is 0 Å². The molecule has 0 heterocycles. The van der Waals surface area contributed by atoms with Gasteiger partial charge in [-0.3, -0.25) is 0 Å². The third kappa shape index (κ3) is 6.22. The van der Waals surface area contributed by atoms with Crippen LogP contribution in [0.3, 0.4) is 0 Å². The topological polar surface area (TPSA) is 12.0 Å². The normalized spacial score (nSPS) is 26.5. The molecule has 0 aromatic carbocycles. The van der Waals surface area contributed by atoms with E-state index in [1.54, 1.807) is 0 Å². The molecule has 1 aliphatic rings. The highest BCUT2D eigenvalue weighted by molar-refractivity contribution is 4.81. The van der Waals surface area contributed by atoms with Gasteiger partial charge < -0.3 is 5.32 Å². The summed E-state index contributed by atoms with van der Waals surface area (Å²) in [4.78, 5) is 0. The van der Waals surface area contributed by atoms with Gasteiger partial charge in [-0.15, -0.1) is 0 Å². The summed E-state index contributed by atoms with van der Waals surface area (Å²) in [6, 6.07) is 0.798. The van der Waals surface area contributed by atoms with Gasteiger partial charge in [0.1, 0.15) is 0 Å². The fraction of sp³-hybridized carbons (Fsp3) is 1.00. The van der Waals surface area contributed by atoms with Crippen molar-refractivity contribution >= 4 is 0 Å². The van der Waals surface area contributed by atoms with Crippen molar-refractivity contribution < 1.29 is 0 Å². The lowest BCUT2D eigenvalue weighted by Crippen LogP contribution is -2.38. The van der Waals surface area contributed by atoms with E-state index in [9.17, 15) is 0 Å². The van der Waals surface area contributed by atoms with Crippen LogP contribution in [-0.2, 0) is 0 Å². The molecule has 0 aromatic rings. The van der Waals surface area contributed by atoms with Gasteiger partial charge in [0.05, 0.1) is 0 Å². The summed E-state index contributed by atoms with van der Waals surface area (Å²) in [6.07, 6.45) is 11.3. The summed E-state index contributed by atoms with van der Waals surface area (Å²) in [6.45, 7) is 10.6. The quantitative estimate of drug-likeness (QED) is 0.641. The standard InChI is InChI=1S/C17H35N/c1-5-12-18-17(11-6-8-14(2)3)16-10-7-9-15(4)13-16/h14-18H,5-13H2,1-4H3. The molecule has 0 aromatic heterocycles. The van der Waals surface area contributed by atoms with Crippen LogP contribution in [-0.4, -0.2) is 12.6 Å². The summed E-state index contributed by atoms with van der Waals surface area (Å²) in [5.41, 5.74) is 0. The van der Waals surface area contributed by atoms with Gasteiger partial charge in [0.25, 0.3) is 0 Å². The molecule has 108 valence electrons. The molecule has 1 rings (SSSR count). The van der Waals surface area contributed by atoms with Crippen molar-refractivity contribution in [1.82, 2.24) is 5.32 Å². The lowest BCUT2D eigenvalue weighted by atomic mass is 9.77. The first-order chi connectivity index (χ1) is 8.63. The Morgan fingerprint density at radius 1 is 1.17 bits per heavy atom. The Labute approximate surface area is 115 Å². The molecular weight excluding hydrogens is 218 g/mol. The van der Waals surface area contributed by atoms with E-state index in [0.717, 1.165) is 23.8 Å². The molecule has 1 fully saturated rings. The Morgan fingerprint density at radius 3 is 2.56 bits per heavy atom. The third-order valence-electron chi connectivity index (χ3n) is 4.50. The van der Waals surface area contributed by atoms with Gasteiger partial charge in [-0.1, -0.05) is 53.4 Å². The van der Waals surface area contributed by atoms with Gasteiger partial charge in [0.2, 0.25) is 0 Å². The second-order valence-corrected chi connectivity index (χ2v) is 6.92. The van der Waals surface area contributed by atoms with E-state index in [0.29, 0.717) is 0 Å². The maximum Gasteiger partial charge on any atom is 0.00954 e. The van der Waals surface area contributed by atoms with Crippen LogP contribution in [0.25, 0.3) is 0 Å². The Hall–Kier alpha value is -0.0400. The largest absolute Gasteiger partial charge is 0.314 e. The lowest BCUT2D eigenvalue weighted by Gasteiger charge is -2.34. The fourth-order valence-corrected chi connectivity index (χ4v) is 3.43. The van der Waals surface area contributed by atoms with Crippen LogP contribution in [0.1, 0.15) is 79.1 Å². The molecule has 18 heavy (non-hydrogen) atoms. The number of hydrogen-bond donors (Lipinski definition) is 1. The van der Waals surface area contributed by atoms with E-state index in [1.807, 2.05) is 0 Å². The second kappa shape index (κ2) is 8.96. The first-order valence-corrected chi connectivity index (χ1v) is 8.36. The SMILES string of the molecule is CCCNC(CCCC(C)C)C1CCCC(C)C1. The van der Waals surface area contributed by atoms with Crippen molar-refractivity contribution in [3.05, 3.63) is 0 Å². The predicted molar refractivity (Wildman–Crippen MR) is 81.9 cm³/mol. The highest BCUT2D eigenvalue weighted by Gasteiger charge is 2.25. The minimum absolute atomic E-state index is 0.798. The minimum Gasteiger partial charge on any atom is -0.314 e. The van der Waals surface area contributed by atoms with Crippen molar-refractivity contribution in [3.63, 3.8) is 0 Å². The Balaban J connectivity index is 2.37. The average molecular weight is 253 g/mol. The van der Waals surface area contributed by atoms with Crippen LogP contribution >= 0.6 is 0 Å². The van der Waals surface area contributed by atoms with Crippen LogP contribution in [0.4, 0.5) is 0 Å². The molecule has 0 radical (unpaired) electrons. The monoisotopic (exact) mass is 253 g/mol. The highest BCUT2D eigenvalue weighted by atomic mass is 14.9. The van der Waals surface area contributed by atoms with E-state index in [2.05, 4.69) is 33.0 Å². The van der Waals surface area contributed by atoms with Gasteiger partial charge in [0, 0.05) is 6.04 Å². The summed E-state index contributed by atoms with van der Waals surface area (Å²) < 4.78 is 0. The number of hydrogen-bond acceptors (Lipinski definition) is 1. The second-order valence-electron chi connectivity index (χ2n) is 6.92. The molecule has 1 N–H and O–H groups in total. The maximum absolute atomic E-state index is 3.83. The molecule has 0 saturated heterocycles. The van der Waals surface area contributed by atoms with Gasteiger partial charge in [-0.2, -0.15) is 0 Å². The molecule has 1 aliphatic carbocycles. The van der Waals surface area contributed by atoms with E-state index < -0.39 is 0 Å². The van der Waals surface area contributed by atoms with E-state index in [4.69, 9.17) is 0 Å². The van der Waals surface area contributed by atoms with Crippen LogP contribution < -0.4 is 5.32 Å². The van der Waals surface area contributed by atoms with Crippen LogP contribution in [0.2, 0.25) is 0 Å². The summed E-state index contributed by atoms with van der Waals surface area (Å²) >= 11 is 0. The number of rotatable bonds is 8. The smallest absolute Gasteiger partial charge is 0.00954 e. The molecule has 0 aliphatic heterocycles. The molecule has 0 amide bonds. The Bertz CT molecular complexity index is 200. The van der Waals surface area contributed by atoms with Crippen molar-refractivity contribution in [3.8, 4) is 0 Å². The summed E-state index contributed by atoms with van der Waals surface area (Å²) in [5.74, 6) is 2.77. The predicted octanol–water partition coefficient (Wildman–Crippen LogP) is 5.01. The van der Waals surface area contributed by atoms with Crippen molar-refractivity contribution in [2.75, 3.05) is 6.54 Å². The summed E-state index contributed by atoms with van der Waals surface area (Å²) in [5, 5.41) is 3.83. The number of nitrogens with one attached hydrogen (secondary N) is 1. The Morgan fingerprint density at radius 2 is 1.94 bits per heavy atom. The van der Waals surface area contributed by atoms with Crippen molar-refractivity contribution in [1.29, 1.82) is 0 Å². The molecule has 1 heteroatoms. The zero-order valence-electron chi connectivity index (χ0n) is 13.2. The molecule has 0 bridgehead atoms. The van der Waals surface area contributed by atoms with E-state index in [-0.39, 0.29) is 0 Å². The van der Waals surface area contributed by atoms with Gasteiger partial charge in [-0.25, -0.2) is 0 Å². The van der Waals surface area contributed by atoms with Crippen LogP contribution in [0.15, 0.2) is 0 Å². The third-order valence-corrected chi connectivity index (χ3v) is 4.50. The molecule has 3 atom stereocenters. The van der Waals surface area contributed by atoms with E-state index >= 15 is 0 Å². The summed E-state index contributed by atoms with van der Waals surface area (Å²) in [7, 11) is 0. The molecule has 0 spiro atoms. The first kappa shape index (κ1) is 16.0. The minimum atomic E-state index is 0.798. The van der Waals surface area contributed by atoms with Gasteiger partial charge in [0.15, 0.2) is 0 Å².